The van der Waals surface area contributed by atoms with Gasteiger partial charge in [0.25, 0.3) is 0 Å². The molecule has 0 spiro atoms. The second-order valence-corrected chi connectivity index (χ2v) is 17.2. The molecule has 0 N–H and O–H groups in total. The van der Waals surface area contributed by atoms with Crippen LogP contribution in [0.15, 0.2) is 199 Å². The molecule has 1 aliphatic carbocycles. The van der Waals surface area contributed by atoms with Gasteiger partial charge in [-0.05, 0) is 146 Å². The van der Waals surface area contributed by atoms with Gasteiger partial charge in [-0.3, -0.25) is 0 Å². The highest BCUT2D eigenvalue weighted by Gasteiger charge is 2.36. The Bertz CT molecular complexity index is 3740. The third-order valence-electron chi connectivity index (χ3n) is 13.6. The van der Waals surface area contributed by atoms with Crippen LogP contribution in [0, 0.1) is 0 Å². The summed E-state index contributed by atoms with van der Waals surface area (Å²) in [6.45, 7) is 4.74. The van der Waals surface area contributed by atoms with E-state index in [1.54, 1.807) is 0 Å². The molecule has 0 saturated heterocycles. The number of para-hydroxylation sites is 1. The van der Waals surface area contributed by atoms with Crippen molar-refractivity contribution in [2.45, 2.75) is 19.3 Å². The van der Waals surface area contributed by atoms with Crippen LogP contribution in [-0.4, -0.2) is 0 Å². The monoisotopic (exact) mass is 762 g/mol. The van der Waals surface area contributed by atoms with Crippen molar-refractivity contribution >= 4 is 75.8 Å². The van der Waals surface area contributed by atoms with Gasteiger partial charge < -0.3 is 4.42 Å². The van der Waals surface area contributed by atoms with Crippen molar-refractivity contribution in [1.82, 2.24) is 0 Å². The number of furan rings is 1. The van der Waals surface area contributed by atoms with E-state index in [2.05, 4.69) is 202 Å². The minimum absolute atomic E-state index is 0.132. The molecule has 13 rings (SSSR count). The first-order valence-electron chi connectivity index (χ1n) is 21.0. The molecule has 0 unspecified atom stereocenters. The topological polar surface area (TPSA) is 13.1 Å². The zero-order valence-corrected chi connectivity index (χ0v) is 33.4. The van der Waals surface area contributed by atoms with Gasteiger partial charge in [-0.2, -0.15) is 0 Å². The fourth-order valence-electron chi connectivity index (χ4n) is 10.8. The van der Waals surface area contributed by atoms with Gasteiger partial charge in [-0.25, -0.2) is 0 Å². The van der Waals surface area contributed by atoms with Crippen LogP contribution in [0.25, 0.3) is 120 Å². The van der Waals surface area contributed by atoms with E-state index in [1.807, 2.05) is 6.07 Å². The fraction of sp³-hybridized carbons (Fsp3) is 0.0508. The van der Waals surface area contributed by atoms with E-state index in [0.717, 1.165) is 16.6 Å². The van der Waals surface area contributed by atoms with Gasteiger partial charge in [0, 0.05) is 16.2 Å². The molecule has 0 bridgehead atoms. The summed E-state index contributed by atoms with van der Waals surface area (Å²) in [6.07, 6.45) is 0. The summed E-state index contributed by atoms with van der Waals surface area (Å²) in [5, 5.41) is 14.9. The van der Waals surface area contributed by atoms with Gasteiger partial charge in [-0.15, -0.1) is 0 Å². The fourth-order valence-corrected chi connectivity index (χ4v) is 10.8. The van der Waals surface area contributed by atoms with E-state index >= 15 is 0 Å². The van der Waals surface area contributed by atoms with E-state index in [1.165, 1.54) is 115 Å². The molecular formula is C59H38O. The zero-order chi connectivity index (χ0) is 39.7. The summed E-state index contributed by atoms with van der Waals surface area (Å²) in [7, 11) is 0. The summed E-state index contributed by atoms with van der Waals surface area (Å²) in [4.78, 5) is 0. The molecule has 0 aliphatic heterocycles. The van der Waals surface area contributed by atoms with Crippen LogP contribution in [0.3, 0.4) is 0 Å². The molecule has 12 aromatic rings. The Kier molecular flexibility index (Phi) is 6.85. The predicted octanol–water partition coefficient (Wildman–Crippen LogP) is 16.7. The summed E-state index contributed by atoms with van der Waals surface area (Å²) < 4.78 is 6.31. The number of fused-ring (bicyclic) bond motifs is 11. The Morgan fingerprint density at radius 3 is 1.55 bits per heavy atom. The van der Waals surface area contributed by atoms with Crippen molar-refractivity contribution in [3.8, 4) is 44.5 Å². The highest BCUT2D eigenvalue weighted by molar-refractivity contribution is 6.26. The molecule has 280 valence electrons. The van der Waals surface area contributed by atoms with Gasteiger partial charge in [-0.1, -0.05) is 172 Å². The van der Waals surface area contributed by atoms with E-state index < -0.39 is 0 Å². The third kappa shape index (κ3) is 4.63. The normalized spacial score (nSPS) is 13.3. The highest BCUT2D eigenvalue weighted by Crippen LogP contribution is 2.52. The Balaban J connectivity index is 1.01. The number of hydrogen-bond acceptors (Lipinski definition) is 1. The third-order valence-corrected chi connectivity index (χ3v) is 13.6. The molecule has 1 nitrogen and oxygen atoms in total. The Morgan fingerprint density at radius 2 is 0.833 bits per heavy atom. The van der Waals surface area contributed by atoms with Crippen molar-refractivity contribution < 1.29 is 4.42 Å². The van der Waals surface area contributed by atoms with Gasteiger partial charge in [0.15, 0.2) is 0 Å². The van der Waals surface area contributed by atoms with E-state index in [9.17, 15) is 0 Å². The first-order valence-corrected chi connectivity index (χ1v) is 21.0. The molecule has 0 amide bonds. The van der Waals surface area contributed by atoms with Crippen molar-refractivity contribution in [3.63, 3.8) is 0 Å². The van der Waals surface area contributed by atoms with Crippen LogP contribution >= 0.6 is 0 Å². The van der Waals surface area contributed by atoms with Gasteiger partial charge in [0.05, 0.1) is 0 Å². The van der Waals surface area contributed by atoms with Crippen LogP contribution < -0.4 is 0 Å². The van der Waals surface area contributed by atoms with Crippen LogP contribution in [0.4, 0.5) is 0 Å². The molecule has 0 fully saturated rings. The van der Waals surface area contributed by atoms with Crippen molar-refractivity contribution in [2.75, 3.05) is 0 Å². The lowest BCUT2D eigenvalue weighted by atomic mass is 9.81. The Hall–Kier alpha value is -7.48. The lowest BCUT2D eigenvalue weighted by molar-refractivity contribution is 0.661. The molecule has 1 heterocycles. The van der Waals surface area contributed by atoms with Crippen LogP contribution in [-0.2, 0) is 5.41 Å². The van der Waals surface area contributed by atoms with Crippen molar-refractivity contribution in [3.05, 3.63) is 205 Å². The minimum atomic E-state index is -0.132. The average molecular weight is 763 g/mol. The molecule has 0 atom stereocenters. The van der Waals surface area contributed by atoms with Gasteiger partial charge in [0.1, 0.15) is 11.2 Å². The molecule has 1 aromatic heterocycles. The van der Waals surface area contributed by atoms with E-state index in [-0.39, 0.29) is 5.41 Å². The first kappa shape index (κ1) is 33.5. The second-order valence-electron chi connectivity index (χ2n) is 17.2. The van der Waals surface area contributed by atoms with Crippen LogP contribution in [0.2, 0.25) is 0 Å². The number of hydrogen-bond donors (Lipinski definition) is 0. The standard InChI is InChI=1S/C59H38O/c1-59(2)53-29-26-36(30-50(53)51-31-37-32-52-43-19-11-12-25-55(43)60-56(52)34-38(37)33-54(51)59)40-27-28-49(42-18-6-5-17-41(40)42)58-47-22-9-7-20-45(47)57(46-21-8-10-23-48(46)58)44-24-13-15-35-14-3-4-16-39(35)44/h3-34H,1-2H3. The lowest BCUT2D eigenvalue weighted by Crippen LogP contribution is -2.14. The number of benzene rings is 11. The first-order chi connectivity index (χ1) is 29.5. The predicted molar refractivity (Wildman–Crippen MR) is 255 cm³/mol. The summed E-state index contributed by atoms with van der Waals surface area (Å²) in [6, 6.07) is 72.1. The number of rotatable bonds is 3. The van der Waals surface area contributed by atoms with Crippen molar-refractivity contribution in [2.24, 2.45) is 0 Å². The molecule has 1 heteroatoms. The Labute approximate surface area is 347 Å². The largest absolute Gasteiger partial charge is 0.456 e. The van der Waals surface area contributed by atoms with Crippen LogP contribution in [0.1, 0.15) is 25.0 Å². The molecule has 0 saturated carbocycles. The summed E-state index contributed by atoms with van der Waals surface area (Å²) in [5.74, 6) is 0. The lowest BCUT2D eigenvalue weighted by Gasteiger charge is -2.22. The highest BCUT2D eigenvalue weighted by atomic mass is 16.3. The molecule has 1 aliphatic rings. The maximum Gasteiger partial charge on any atom is 0.136 e. The zero-order valence-electron chi connectivity index (χ0n) is 33.4. The molecule has 0 radical (unpaired) electrons. The summed E-state index contributed by atoms with van der Waals surface area (Å²) >= 11 is 0. The van der Waals surface area contributed by atoms with E-state index in [4.69, 9.17) is 4.42 Å². The Morgan fingerprint density at radius 1 is 0.300 bits per heavy atom. The van der Waals surface area contributed by atoms with E-state index in [0.29, 0.717) is 0 Å². The van der Waals surface area contributed by atoms with Gasteiger partial charge in [0.2, 0.25) is 0 Å². The van der Waals surface area contributed by atoms with Crippen molar-refractivity contribution in [1.29, 1.82) is 0 Å². The molecule has 60 heavy (non-hydrogen) atoms. The smallest absolute Gasteiger partial charge is 0.136 e. The van der Waals surface area contributed by atoms with Crippen LogP contribution in [0.5, 0.6) is 0 Å². The minimum Gasteiger partial charge on any atom is -0.456 e. The molecular weight excluding hydrogens is 725 g/mol. The SMILES string of the molecule is CC1(C)c2ccc(-c3ccc(-c4c5ccccc5c(-c5cccc6ccccc56)c5ccccc45)c4ccccc34)cc2-c2cc3cc4c(cc3cc21)oc1ccccc14. The maximum atomic E-state index is 6.31. The second kappa shape index (κ2) is 12.3. The maximum absolute atomic E-state index is 6.31. The quantitative estimate of drug-likeness (QED) is 0.163. The molecule has 11 aromatic carbocycles. The summed E-state index contributed by atoms with van der Waals surface area (Å²) in [5.41, 5.74) is 14.7. The average Bonchev–Trinajstić information content (AvgIpc) is 3.76. The van der Waals surface area contributed by atoms with Gasteiger partial charge >= 0.3 is 0 Å².